The first-order valence-corrected chi connectivity index (χ1v) is 4.21. The van der Waals surface area contributed by atoms with Gasteiger partial charge in [-0.3, -0.25) is 4.98 Å². The van der Waals surface area contributed by atoms with Crippen LogP contribution in [0.3, 0.4) is 0 Å². The molecular formula is C10H9N3O. The Kier molecular flexibility index (Phi) is 2.36. The van der Waals surface area contributed by atoms with Gasteiger partial charge < -0.3 is 4.74 Å². The molecule has 14 heavy (non-hydrogen) atoms. The van der Waals surface area contributed by atoms with Crippen LogP contribution in [0.5, 0.6) is 11.8 Å². The maximum absolute atomic E-state index is 5.37. The Morgan fingerprint density at radius 1 is 1.07 bits per heavy atom. The summed E-state index contributed by atoms with van der Waals surface area (Å²) in [5.74, 6) is 0.684. The molecule has 4 nitrogen and oxygen atoms in total. The summed E-state index contributed by atoms with van der Waals surface area (Å²) in [6, 6.07) is 3.86. The van der Waals surface area contributed by atoms with Gasteiger partial charge in [-0.1, -0.05) is 0 Å². The van der Waals surface area contributed by atoms with Gasteiger partial charge in [0.25, 0.3) is 0 Å². The Balaban J connectivity index is 2.16. The average Bonchev–Trinajstić information content (AvgIpc) is 2.23. The number of ether oxygens (including phenoxy) is 1. The molecule has 2 rings (SSSR count). The normalized spacial score (nSPS) is 9.79. The summed E-state index contributed by atoms with van der Waals surface area (Å²) in [6.45, 7) is 1.93. The summed E-state index contributed by atoms with van der Waals surface area (Å²) in [6.07, 6.45) is 6.74. The number of nitrogens with zero attached hydrogens (tertiary/aromatic N) is 3. The summed E-state index contributed by atoms with van der Waals surface area (Å²) in [7, 11) is 0. The fourth-order valence-electron chi connectivity index (χ4n) is 0.945. The highest BCUT2D eigenvalue weighted by Crippen LogP contribution is 2.14. The lowest BCUT2D eigenvalue weighted by molar-refractivity contribution is 0.440. The highest BCUT2D eigenvalue weighted by molar-refractivity contribution is 5.21. The van der Waals surface area contributed by atoms with Crippen molar-refractivity contribution in [3.8, 4) is 11.8 Å². The van der Waals surface area contributed by atoms with Gasteiger partial charge in [-0.25, -0.2) is 9.97 Å². The second-order valence-corrected chi connectivity index (χ2v) is 2.83. The molecular weight excluding hydrogens is 178 g/mol. The van der Waals surface area contributed by atoms with E-state index in [1.54, 1.807) is 36.9 Å². The van der Waals surface area contributed by atoms with Crippen molar-refractivity contribution in [3.63, 3.8) is 0 Å². The van der Waals surface area contributed by atoms with Crippen molar-refractivity contribution in [2.75, 3.05) is 0 Å². The lowest BCUT2D eigenvalue weighted by atomic mass is 10.4. The second-order valence-electron chi connectivity index (χ2n) is 2.83. The Morgan fingerprint density at radius 2 is 1.71 bits per heavy atom. The third-order valence-corrected chi connectivity index (χ3v) is 1.62. The largest absolute Gasteiger partial charge is 0.424 e. The molecule has 0 radical (unpaired) electrons. The van der Waals surface area contributed by atoms with Crippen LogP contribution in [0.15, 0.2) is 36.9 Å². The van der Waals surface area contributed by atoms with E-state index in [0.29, 0.717) is 11.8 Å². The molecule has 2 aromatic rings. The predicted octanol–water partition coefficient (Wildman–Crippen LogP) is 1.97. The van der Waals surface area contributed by atoms with Crippen LogP contribution in [0, 0.1) is 6.92 Å². The van der Waals surface area contributed by atoms with Crippen LogP contribution >= 0.6 is 0 Å². The van der Waals surface area contributed by atoms with E-state index in [-0.39, 0.29) is 0 Å². The number of rotatable bonds is 2. The number of aromatic nitrogens is 3. The van der Waals surface area contributed by atoms with Gasteiger partial charge in [-0.05, 0) is 24.6 Å². The average molecular weight is 187 g/mol. The van der Waals surface area contributed by atoms with Crippen molar-refractivity contribution in [2.24, 2.45) is 0 Å². The zero-order chi connectivity index (χ0) is 9.80. The van der Waals surface area contributed by atoms with Crippen molar-refractivity contribution >= 4 is 0 Å². The number of hydrogen-bond acceptors (Lipinski definition) is 4. The number of pyridine rings is 1. The molecule has 0 saturated carbocycles. The maximum atomic E-state index is 5.37. The van der Waals surface area contributed by atoms with Gasteiger partial charge in [0.15, 0.2) is 0 Å². The molecule has 0 saturated heterocycles. The first kappa shape index (κ1) is 8.62. The lowest BCUT2D eigenvalue weighted by Crippen LogP contribution is -1.91. The van der Waals surface area contributed by atoms with Gasteiger partial charge in [-0.15, -0.1) is 0 Å². The van der Waals surface area contributed by atoms with Crippen LogP contribution in [0.25, 0.3) is 0 Å². The number of hydrogen-bond donors (Lipinski definition) is 0. The van der Waals surface area contributed by atoms with Gasteiger partial charge in [0, 0.05) is 24.8 Å². The van der Waals surface area contributed by atoms with E-state index in [9.17, 15) is 0 Å². The molecule has 0 aliphatic rings. The van der Waals surface area contributed by atoms with Crippen molar-refractivity contribution in [1.29, 1.82) is 0 Å². The van der Waals surface area contributed by atoms with Gasteiger partial charge >= 0.3 is 6.01 Å². The molecule has 70 valence electrons. The molecule has 0 aliphatic carbocycles. The summed E-state index contributed by atoms with van der Waals surface area (Å²) in [4.78, 5) is 11.9. The summed E-state index contributed by atoms with van der Waals surface area (Å²) >= 11 is 0. The zero-order valence-electron chi connectivity index (χ0n) is 7.71. The third-order valence-electron chi connectivity index (χ3n) is 1.62. The Labute approximate surface area is 81.6 Å². The first-order chi connectivity index (χ1) is 6.84. The van der Waals surface area contributed by atoms with E-state index >= 15 is 0 Å². The lowest BCUT2D eigenvalue weighted by Gasteiger charge is -2.01. The van der Waals surface area contributed by atoms with Crippen LogP contribution in [-0.2, 0) is 0 Å². The molecule has 0 fully saturated rings. The molecule has 0 unspecified atom stereocenters. The van der Waals surface area contributed by atoms with Crippen LogP contribution in [0.2, 0.25) is 0 Å². The standard InChI is InChI=1S/C10H9N3O/c1-8-6-12-10(13-7-8)14-9-2-4-11-5-3-9/h2-7H,1H3. The second kappa shape index (κ2) is 3.83. The monoisotopic (exact) mass is 187 g/mol. The summed E-state index contributed by atoms with van der Waals surface area (Å²) < 4.78 is 5.37. The molecule has 0 atom stereocenters. The Morgan fingerprint density at radius 3 is 2.36 bits per heavy atom. The maximum Gasteiger partial charge on any atom is 0.321 e. The van der Waals surface area contributed by atoms with E-state index in [4.69, 9.17) is 4.74 Å². The van der Waals surface area contributed by atoms with Gasteiger partial charge in [-0.2, -0.15) is 0 Å². The fraction of sp³-hybridized carbons (Fsp3) is 0.100. The van der Waals surface area contributed by atoms with Gasteiger partial charge in [0.2, 0.25) is 0 Å². The van der Waals surface area contributed by atoms with Crippen molar-refractivity contribution < 1.29 is 4.74 Å². The molecule has 2 heterocycles. The van der Waals surface area contributed by atoms with Crippen LogP contribution in [-0.4, -0.2) is 15.0 Å². The zero-order valence-corrected chi connectivity index (χ0v) is 7.71. The Bertz CT molecular complexity index is 399. The smallest absolute Gasteiger partial charge is 0.321 e. The van der Waals surface area contributed by atoms with Crippen molar-refractivity contribution in [1.82, 2.24) is 15.0 Å². The molecule has 0 amide bonds. The van der Waals surface area contributed by atoms with Crippen LogP contribution in [0.4, 0.5) is 0 Å². The van der Waals surface area contributed by atoms with Gasteiger partial charge in [0.1, 0.15) is 5.75 Å². The molecule has 0 aromatic carbocycles. The van der Waals surface area contributed by atoms with E-state index in [1.165, 1.54) is 0 Å². The quantitative estimate of drug-likeness (QED) is 0.721. The minimum atomic E-state index is 0.349. The first-order valence-electron chi connectivity index (χ1n) is 4.21. The highest BCUT2D eigenvalue weighted by Gasteiger charge is 1.97. The van der Waals surface area contributed by atoms with Crippen molar-refractivity contribution in [2.45, 2.75) is 6.92 Å². The molecule has 2 aromatic heterocycles. The number of aryl methyl sites for hydroxylation is 1. The summed E-state index contributed by atoms with van der Waals surface area (Å²) in [5, 5.41) is 0. The van der Waals surface area contributed by atoms with Crippen molar-refractivity contribution in [3.05, 3.63) is 42.5 Å². The SMILES string of the molecule is Cc1cnc(Oc2ccncc2)nc1. The van der Waals surface area contributed by atoms with Gasteiger partial charge in [0.05, 0.1) is 0 Å². The highest BCUT2D eigenvalue weighted by atomic mass is 16.5. The van der Waals surface area contributed by atoms with Crippen LogP contribution < -0.4 is 4.74 Å². The minimum absolute atomic E-state index is 0.349. The molecule has 0 aliphatic heterocycles. The molecule has 0 spiro atoms. The topological polar surface area (TPSA) is 47.9 Å². The minimum Gasteiger partial charge on any atom is -0.424 e. The van der Waals surface area contributed by atoms with E-state index in [1.807, 2.05) is 6.92 Å². The fourth-order valence-corrected chi connectivity index (χ4v) is 0.945. The molecule has 4 heteroatoms. The molecule has 0 N–H and O–H groups in total. The van der Waals surface area contributed by atoms with E-state index in [0.717, 1.165) is 5.56 Å². The third kappa shape index (κ3) is 2.04. The van der Waals surface area contributed by atoms with E-state index in [2.05, 4.69) is 15.0 Å². The van der Waals surface area contributed by atoms with E-state index < -0.39 is 0 Å². The predicted molar refractivity (Wildman–Crippen MR) is 51.1 cm³/mol. The summed E-state index contributed by atoms with van der Waals surface area (Å²) in [5.41, 5.74) is 1.01. The molecule has 0 bridgehead atoms. The van der Waals surface area contributed by atoms with Crippen LogP contribution in [0.1, 0.15) is 5.56 Å². The Hall–Kier alpha value is -1.97.